The Morgan fingerprint density at radius 2 is 1.74 bits per heavy atom. The molecule has 0 aliphatic carbocycles. The van der Waals surface area contributed by atoms with Crippen molar-refractivity contribution in [3.05, 3.63) is 89.2 Å². The van der Waals surface area contributed by atoms with Crippen molar-refractivity contribution in [2.24, 2.45) is 0 Å². The fourth-order valence-corrected chi connectivity index (χ4v) is 4.15. The Hall–Kier alpha value is -3.54. The van der Waals surface area contributed by atoms with E-state index in [9.17, 15) is 13.6 Å². The van der Waals surface area contributed by atoms with E-state index in [1.54, 1.807) is 6.07 Å². The molecule has 0 radical (unpaired) electrons. The van der Waals surface area contributed by atoms with E-state index in [1.165, 1.54) is 6.07 Å². The molecular formula is C29H30F2N2O2. The number of unbranched alkanes of at least 4 members (excludes halogenated alkanes) is 1. The zero-order valence-corrected chi connectivity index (χ0v) is 20.6. The van der Waals surface area contributed by atoms with Gasteiger partial charge in [-0.05, 0) is 49.9 Å². The molecule has 1 heterocycles. The monoisotopic (exact) mass is 476 g/mol. The number of benzene rings is 3. The van der Waals surface area contributed by atoms with Crippen molar-refractivity contribution in [1.29, 1.82) is 0 Å². The van der Waals surface area contributed by atoms with Gasteiger partial charge in [-0.1, -0.05) is 55.8 Å². The fraction of sp³-hybridized carbons (Fsp3) is 0.310. The summed E-state index contributed by atoms with van der Waals surface area (Å²) in [5.74, 6) is -0.871. The smallest absolute Gasteiger partial charge is 0.339 e. The van der Waals surface area contributed by atoms with E-state index in [4.69, 9.17) is 4.74 Å². The molecule has 0 aliphatic heterocycles. The third-order valence-electron chi connectivity index (χ3n) is 5.74. The van der Waals surface area contributed by atoms with Gasteiger partial charge in [-0.25, -0.2) is 18.6 Å². The third kappa shape index (κ3) is 5.59. The molecule has 0 bridgehead atoms. The predicted molar refractivity (Wildman–Crippen MR) is 134 cm³/mol. The topological polar surface area (TPSA) is 44.1 Å². The van der Waals surface area contributed by atoms with Crippen LogP contribution < -0.4 is 0 Å². The maximum absolute atomic E-state index is 14.7. The maximum atomic E-state index is 14.7. The van der Waals surface area contributed by atoms with E-state index >= 15 is 0 Å². The summed E-state index contributed by atoms with van der Waals surface area (Å²) in [5.41, 5.74) is 3.17. The molecule has 0 unspecified atom stereocenters. The molecule has 0 amide bonds. The maximum Gasteiger partial charge on any atom is 0.339 e. The Morgan fingerprint density at radius 3 is 2.43 bits per heavy atom. The van der Waals surface area contributed by atoms with Crippen molar-refractivity contribution >= 4 is 17.0 Å². The Morgan fingerprint density at radius 1 is 1.03 bits per heavy atom. The van der Waals surface area contributed by atoms with Crippen molar-refractivity contribution in [3.8, 4) is 11.1 Å². The molecule has 1 aromatic heterocycles. The number of ether oxygens (including phenoxy) is 1. The predicted octanol–water partition coefficient (Wildman–Crippen LogP) is 7.33. The van der Waals surface area contributed by atoms with Crippen molar-refractivity contribution in [2.45, 2.75) is 59.1 Å². The van der Waals surface area contributed by atoms with Crippen LogP contribution in [0.3, 0.4) is 0 Å². The Balaban J connectivity index is 1.66. The van der Waals surface area contributed by atoms with Gasteiger partial charge in [0.1, 0.15) is 22.8 Å². The van der Waals surface area contributed by atoms with E-state index in [2.05, 4.69) is 11.9 Å². The molecule has 4 rings (SSSR count). The highest BCUT2D eigenvalue weighted by molar-refractivity contribution is 5.97. The molecule has 35 heavy (non-hydrogen) atoms. The van der Waals surface area contributed by atoms with Gasteiger partial charge in [-0.3, -0.25) is 0 Å². The van der Waals surface area contributed by atoms with Gasteiger partial charge in [-0.15, -0.1) is 0 Å². The quantitative estimate of drug-likeness (QED) is 0.262. The SMILES string of the molecule is CCCCc1nc2cc(F)cc(F)c2n1Cc1ccc(-c2ccccc2C(=O)OC(C)(C)C)cc1. The lowest BCUT2D eigenvalue weighted by Crippen LogP contribution is -2.24. The highest BCUT2D eigenvalue weighted by Gasteiger charge is 2.21. The van der Waals surface area contributed by atoms with E-state index in [0.29, 0.717) is 29.6 Å². The second kappa shape index (κ2) is 9.98. The Kier molecular flexibility index (Phi) is 7.01. The first-order chi connectivity index (χ1) is 16.7. The summed E-state index contributed by atoms with van der Waals surface area (Å²) in [5, 5.41) is 0. The van der Waals surface area contributed by atoms with Crippen LogP contribution >= 0.6 is 0 Å². The molecule has 6 heteroatoms. The van der Waals surface area contributed by atoms with Crippen LogP contribution in [0.15, 0.2) is 60.7 Å². The number of halogens is 2. The molecular weight excluding hydrogens is 446 g/mol. The van der Waals surface area contributed by atoms with Crippen molar-refractivity contribution in [3.63, 3.8) is 0 Å². The minimum Gasteiger partial charge on any atom is -0.456 e. The van der Waals surface area contributed by atoms with Gasteiger partial charge in [0.05, 0.1) is 11.1 Å². The van der Waals surface area contributed by atoms with Gasteiger partial charge < -0.3 is 9.30 Å². The molecule has 0 aliphatic rings. The summed E-state index contributed by atoms with van der Waals surface area (Å²) in [7, 11) is 0. The number of aromatic nitrogens is 2. The number of aryl methyl sites for hydroxylation is 1. The van der Waals surface area contributed by atoms with Crippen molar-refractivity contribution in [2.75, 3.05) is 0 Å². The second-order valence-electron chi connectivity index (χ2n) is 9.72. The van der Waals surface area contributed by atoms with Crippen LogP contribution in [0.4, 0.5) is 8.78 Å². The summed E-state index contributed by atoms with van der Waals surface area (Å²) in [6.45, 7) is 8.02. The summed E-state index contributed by atoms with van der Waals surface area (Å²) in [6, 6.07) is 17.3. The molecule has 0 fully saturated rings. The van der Waals surface area contributed by atoms with E-state index in [-0.39, 0.29) is 5.97 Å². The van der Waals surface area contributed by atoms with Crippen LogP contribution in [-0.2, 0) is 17.7 Å². The lowest BCUT2D eigenvalue weighted by molar-refractivity contribution is 0.00704. The molecule has 4 nitrogen and oxygen atoms in total. The Bertz CT molecular complexity index is 1350. The van der Waals surface area contributed by atoms with Gasteiger partial charge in [0.2, 0.25) is 0 Å². The number of carbonyl (C=O) groups excluding carboxylic acids is 1. The summed E-state index contributed by atoms with van der Waals surface area (Å²) >= 11 is 0. The van der Waals surface area contributed by atoms with Crippen LogP contribution in [0.5, 0.6) is 0 Å². The second-order valence-corrected chi connectivity index (χ2v) is 9.72. The van der Waals surface area contributed by atoms with Crippen LogP contribution in [0.25, 0.3) is 22.2 Å². The zero-order chi connectivity index (χ0) is 25.2. The molecule has 4 aromatic rings. The van der Waals surface area contributed by atoms with Crippen LogP contribution in [-0.4, -0.2) is 21.1 Å². The lowest BCUT2D eigenvalue weighted by Gasteiger charge is -2.20. The molecule has 0 atom stereocenters. The normalized spacial score (nSPS) is 11.7. The van der Waals surface area contributed by atoms with Gasteiger partial charge >= 0.3 is 5.97 Å². The number of hydrogen-bond donors (Lipinski definition) is 0. The van der Waals surface area contributed by atoms with Crippen LogP contribution in [0, 0.1) is 11.6 Å². The number of nitrogens with zero attached hydrogens (tertiary/aromatic N) is 2. The molecule has 3 aromatic carbocycles. The highest BCUT2D eigenvalue weighted by Crippen LogP contribution is 2.28. The average molecular weight is 477 g/mol. The van der Waals surface area contributed by atoms with Gasteiger partial charge in [0.25, 0.3) is 0 Å². The van der Waals surface area contributed by atoms with Gasteiger partial charge in [0.15, 0.2) is 5.82 Å². The largest absolute Gasteiger partial charge is 0.456 e. The zero-order valence-electron chi connectivity index (χ0n) is 20.6. The first-order valence-electron chi connectivity index (χ1n) is 11.9. The first kappa shape index (κ1) is 24.6. The van der Waals surface area contributed by atoms with E-state index in [1.807, 2.05) is 67.8 Å². The van der Waals surface area contributed by atoms with Crippen LogP contribution in [0.2, 0.25) is 0 Å². The van der Waals surface area contributed by atoms with Gasteiger partial charge in [0, 0.05) is 25.1 Å². The number of fused-ring (bicyclic) bond motifs is 1. The number of esters is 1. The Labute approximate surface area is 204 Å². The van der Waals surface area contributed by atoms with Crippen LogP contribution in [0.1, 0.15) is 62.3 Å². The molecule has 0 spiro atoms. The molecule has 0 saturated carbocycles. The summed E-state index contributed by atoms with van der Waals surface area (Å²) in [4.78, 5) is 17.3. The van der Waals surface area contributed by atoms with Crippen molar-refractivity contribution in [1.82, 2.24) is 9.55 Å². The van der Waals surface area contributed by atoms with E-state index in [0.717, 1.165) is 41.4 Å². The standard InChI is InChI=1S/C29H30F2N2O2/c1-5-6-11-26-32-25-17-21(30)16-24(31)27(25)33(26)18-19-12-14-20(15-13-19)22-9-7-8-10-23(22)28(34)35-29(2,3)4/h7-10,12-17H,5-6,11,18H2,1-4H3. The minimum absolute atomic E-state index is 0.317. The summed E-state index contributed by atoms with van der Waals surface area (Å²) < 4.78 is 35.9. The summed E-state index contributed by atoms with van der Waals surface area (Å²) in [6.07, 6.45) is 2.58. The minimum atomic E-state index is -0.630. The first-order valence-corrected chi connectivity index (χ1v) is 11.9. The lowest BCUT2D eigenvalue weighted by atomic mass is 9.98. The fourth-order valence-electron chi connectivity index (χ4n) is 4.15. The highest BCUT2D eigenvalue weighted by atomic mass is 19.1. The number of rotatable bonds is 7. The van der Waals surface area contributed by atoms with Crippen molar-refractivity contribution < 1.29 is 18.3 Å². The third-order valence-corrected chi connectivity index (χ3v) is 5.74. The average Bonchev–Trinajstić information content (AvgIpc) is 3.14. The number of hydrogen-bond acceptors (Lipinski definition) is 3. The number of imidazole rings is 1. The van der Waals surface area contributed by atoms with Gasteiger partial charge in [-0.2, -0.15) is 0 Å². The number of carbonyl (C=O) groups is 1. The molecule has 0 N–H and O–H groups in total. The molecule has 182 valence electrons. The molecule has 0 saturated heterocycles. The van der Waals surface area contributed by atoms with E-state index < -0.39 is 17.2 Å².